The molecule has 3 saturated heterocycles. The van der Waals surface area contributed by atoms with Gasteiger partial charge in [-0.05, 0) is 50.0 Å². The molecular weight excluding hydrogens is 328 g/mol. The molecule has 102 valence electrons. The molecule has 1 atom stereocenters. The average Bonchev–Trinajstić information content (AvgIpc) is 2.43. The summed E-state index contributed by atoms with van der Waals surface area (Å²) >= 11 is 9.47. The van der Waals surface area contributed by atoms with E-state index >= 15 is 0 Å². The maximum Gasteiger partial charge on any atom is 0.253 e. The van der Waals surface area contributed by atoms with Gasteiger partial charge in [-0.2, -0.15) is 0 Å². The van der Waals surface area contributed by atoms with Gasteiger partial charge >= 0.3 is 0 Å². The van der Waals surface area contributed by atoms with Gasteiger partial charge in [0.1, 0.15) is 0 Å². The summed E-state index contributed by atoms with van der Waals surface area (Å²) in [6, 6.07) is 5.63. The summed E-state index contributed by atoms with van der Waals surface area (Å²) in [4.78, 5) is 14.8. The molecule has 1 amide bonds. The highest BCUT2D eigenvalue weighted by Crippen LogP contribution is 2.28. The van der Waals surface area contributed by atoms with E-state index in [0.717, 1.165) is 11.0 Å². The Labute approximate surface area is 126 Å². The first-order chi connectivity index (χ1) is 9.13. The second-order valence-corrected chi connectivity index (χ2v) is 6.67. The van der Waals surface area contributed by atoms with Crippen molar-refractivity contribution in [3.05, 3.63) is 33.3 Å². The molecule has 0 saturated carbocycles. The second-order valence-electron chi connectivity index (χ2n) is 5.34. The summed E-state index contributed by atoms with van der Waals surface area (Å²) in [6.45, 7) is 3.32. The highest BCUT2D eigenvalue weighted by molar-refractivity contribution is 9.10. The lowest BCUT2D eigenvalue weighted by molar-refractivity contribution is 0.0620. The standard InChI is InChI=1S/C14H16BrClN2O/c15-10-1-2-12(16)11(7-10)14(19)17-13-8-18-5-3-9(13)4-6-18/h1-2,7,9,13H,3-6,8H2,(H,17,19)/t13-/m1/s1. The van der Waals surface area contributed by atoms with E-state index in [1.807, 2.05) is 6.07 Å². The molecule has 1 aromatic carbocycles. The maximum atomic E-state index is 12.3. The summed E-state index contributed by atoms with van der Waals surface area (Å²) < 4.78 is 0.871. The van der Waals surface area contributed by atoms with Crippen molar-refractivity contribution in [3.8, 4) is 0 Å². The second kappa shape index (κ2) is 5.43. The molecule has 0 spiro atoms. The van der Waals surface area contributed by atoms with E-state index in [0.29, 0.717) is 16.5 Å². The van der Waals surface area contributed by atoms with Crippen LogP contribution >= 0.6 is 27.5 Å². The zero-order chi connectivity index (χ0) is 13.4. The Morgan fingerprint density at radius 3 is 2.74 bits per heavy atom. The van der Waals surface area contributed by atoms with Crippen LogP contribution in [-0.2, 0) is 0 Å². The van der Waals surface area contributed by atoms with Crippen molar-refractivity contribution in [2.75, 3.05) is 19.6 Å². The molecule has 1 aromatic rings. The van der Waals surface area contributed by atoms with Gasteiger partial charge < -0.3 is 10.2 Å². The van der Waals surface area contributed by atoms with Gasteiger partial charge in [0.15, 0.2) is 0 Å². The van der Waals surface area contributed by atoms with Gasteiger partial charge in [0, 0.05) is 17.1 Å². The van der Waals surface area contributed by atoms with Gasteiger partial charge in [0.05, 0.1) is 10.6 Å². The smallest absolute Gasteiger partial charge is 0.253 e. The minimum atomic E-state index is -0.0648. The first kappa shape index (κ1) is 13.4. The summed E-state index contributed by atoms with van der Waals surface area (Å²) in [5.41, 5.74) is 0.549. The average molecular weight is 344 g/mol. The fraction of sp³-hybridized carbons (Fsp3) is 0.500. The Morgan fingerprint density at radius 2 is 2.11 bits per heavy atom. The first-order valence-corrected chi connectivity index (χ1v) is 7.79. The molecule has 0 aliphatic carbocycles. The molecule has 3 heterocycles. The van der Waals surface area contributed by atoms with Crippen LogP contribution < -0.4 is 5.32 Å². The Hall–Kier alpha value is -0.580. The number of fused-ring (bicyclic) bond motifs is 3. The van der Waals surface area contributed by atoms with Crippen LogP contribution in [0.5, 0.6) is 0 Å². The monoisotopic (exact) mass is 342 g/mol. The molecule has 3 aliphatic rings. The summed E-state index contributed by atoms with van der Waals surface area (Å²) in [6.07, 6.45) is 2.38. The normalized spacial score (nSPS) is 29.3. The third-order valence-electron chi connectivity index (χ3n) is 4.15. The number of halogens is 2. The highest BCUT2D eigenvalue weighted by atomic mass is 79.9. The minimum absolute atomic E-state index is 0.0648. The van der Waals surface area contributed by atoms with Crippen molar-refractivity contribution in [2.24, 2.45) is 5.92 Å². The highest BCUT2D eigenvalue weighted by Gasteiger charge is 2.35. The number of benzene rings is 1. The number of carbonyl (C=O) groups is 1. The number of amides is 1. The third kappa shape index (κ3) is 2.81. The molecule has 3 nitrogen and oxygen atoms in total. The molecule has 0 aromatic heterocycles. The molecule has 3 fully saturated rings. The van der Waals surface area contributed by atoms with Crippen molar-refractivity contribution in [1.29, 1.82) is 0 Å². The van der Waals surface area contributed by atoms with Gasteiger partial charge in [-0.3, -0.25) is 4.79 Å². The molecule has 19 heavy (non-hydrogen) atoms. The van der Waals surface area contributed by atoms with Crippen LogP contribution in [0.4, 0.5) is 0 Å². The SMILES string of the molecule is O=C(N[C@@H]1CN2CCC1CC2)c1cc(Br)ccc1Cl. The lowest BCUT2D eigenvalue weighted by atomic mass is 9.84. The number of hydrogen-bond acceptors (Lipinski definition) is 2. The topological polar surface area (TPSA) is 32.3 Å². The van der Waals surface area contributed by atoms with E-state index in [1.165, 1.54) is 25.9 Å². The molecule has 3 aliphatic heterocycles. The molecular formula is C14H16BrClN2O. The van der Waals surface area contributed by atoms with E-state index in [1.54, 1.807) is 12.1 Å². The Kier molecular flexibility index (Phi) is 3.83. The van der Waals surface area contributed by atoms with Gasteiger partial charge in [0.2, 0.25) is 0 Å². The van der Waals surface area contributed by atoms with Crippen LogP contribution in [0.15, 0.2) is 22.7 Å². The number of nitrogens with one attached hydrogen (secondary N) is 1. The number of nitrogens with zero attached hydrogens (tertiary/aromatic N) is 1. The Bertz CT molecular complexity index is 500. The lowest BCUT2D eigenvalue weighted by Gasteiger charge is -2.44. The van der Waals surface area contributed by atoms with Crippen LogP contribution in [0.3, 0.4) is 0 Å². The van der Waals surface area contributed by atoms with Gasteiger partial charge in [-0.1, -0.05) is 27.5 Å². The van der Waals surface area contributed by atoms with Crippen molar-refractivity contribution >= 4 is 33.4 Å². The number of piperidine rings is 3. The van der Waals surface area contributed by atoms with Crippen LogP contribution in [0.25, 0.3) is 0 Å². The fourth-order valence-corrected chi connectivity index (χ4v) is 3.61. The predicted octanol–water partition coefficient (Wildman–Crippen LogP) is 2.93. The van der Waals surface area contributed by atoms with Gasteiger partial charge in [-0.25, -0.2) is 0 Å². The van der Waals surface area contributed by atoms with E-state index in [2.05, 4.69) is 26.1 Å². The van der Waals surface area contributed by atoms with Crippen LogP contribution in [0.2, 0.25) is 5.02 Å². The lowest BCUT2D eigenvalue weighted by Crippen LogP contribution is -2.57. The first-order valence-electron chi connectivity index (χ1n) is 6.62. The predicted molar refractivity (Wildman–Crippen MR) is 79.6 cm³/mol. The molecule has 0 radical (unpaired) electrons. The maximum absolute atomic E-state index is 12.3. The van der Waals surface area contributed by atoms with E-state index in [4.69, 9.17) is 11.6 Å². The summed E-state index contributed by atoms with van der Waals surface area (Å²) in [5.74, 6) is 0.560. The zero-order valence-electron chi connectivity index (χ0n) is 10.5. The molecule has 4 rings (SSSR count). The molecule has 0 unspecified atom stereocenters. The van der Waals surface area contributed by atoms with Crippen LogP contribution in [0, 0.1) is 5.92 Å². The molecule has 1 N–H and O–H groups in total. The summed E-state index contributed by atoms with van der Waals surface area (Å²) in [7, 11) is 0. The van der Waals surface area contributed by atoms with Crippen molar-refractivity contribution in [3.63, 3.8) is 0 Å². The van der Waals surface area contributed by atoms with E-state index in [-0.39, 0.29) is 11.9 Å². The van der Waals surface area contributed by atoms with E-state index < -0.39 is 0 Å². The summed E-state index contributed by atoms with van der Waals surface area (Å²) in [5, 5.41) is 3.65. The van der Waals surface area contributed by atoms with Gasteiger partial charge in [-0.15, -0.1) is 0 Å². The Balaban J connectivity index is 1.73. The number of carbonyl (C=O) groups excluding carboxylic acids is 1. The quantitative estimate of drug-likeness (QED) is 0.895. The number of rotatable bonds is 2. The number of hydrogen-bond donors (Lipinski definition) is 1. The van der Waals surface area contributed by atoms with Gasteiger partial charge in [0.25, 0.3) is 5.91 Å². The van der Waals surface area contributed by atoms with Crippen LogP contribution in [-0.4, -0.2) is 36.5 Å². The van der Waals surface area contributed by atoms with Crippen molar-refractivity contribution in [2.45, 2.75) is 18.9 Å². The van der Waals surface area contributed by atoms with E-state index in [9.17, 15) is 4.79 Å². The largest absolute Gasteiger partial charge is 0.348 e. The Morgan fingerprint density at radius 1 is 1.37 bits per heavy atom. The van der Waals surface area contributed by atoms with Crippen molar-refractivity contribution < 1.29 is 4.79 Å². The van der Waals surface area contributed by atoms with Crippen LogP contribution in [0.1, 0.15) is 23.2 Å². The van der Waals surface area contributed by atoms with Crippen molar-refractivity contribution in [1.82, 2.24) is 10.2 Å². The third-order valence-corrected chi connectivity index (χ3v) is 4.97. The minimum Gasteiger partial charge on any atom is -0.348 e. The molecule has 2 bridgehead atoms. The fourth-order valence-electron chi connectivity index (χ4n) is 3.05. The molecule has 5 heteroatoms. The zero-order valence-corrected chi connectivity index (χ0v) is 12.9.